The van der Waals surface area contributed by atoms with Crippen LogP contribution < -0.4 is 9.47 Å². The number of benzene rings is 1. The standard InChI is InChI=1S/C15H20N2O3/c1-10(2)17-9-16-8-11(17)15(18)14-12(19-3)6-5-7-13(14)20-4/h5-10,15,18H,1-4H3. The zero-order chi connectivity index (χ0) is 14.7. The maximum Gasteiger partial charge on any atom is 0.128 e. The molecule has 0 spiro atoms. The van der Waals surface area contributed by atoms with Crippen molar-refractivity contribution in [3.8, 4) is 11.5 Å². The summed E-state index contributed by atoms with van der Waals surface area (Å²) in [6.45, 7) is 4.08. The molecule has 1 aromatic carbocycles. The van der Waals surface area contributed by atoms with Crippen molar-refractivity contribution < 1.29 is 14.6 Å². The topological polar surface area (TPSA) is 56.5 Å². The highest BCUT2D eigenvalue weighted by Crippen LogP contribution is 2.37. The summed E-state index contributed by atoms with van der Waals surface area (Å²) < 4.78 is 12.6. The third-order valence-corrected chi connectivity index (χ3v) is 3.27. The number of nitrogens with zero attached hydrogens (tertiary/aromatic N) is 2. The van der Waals surface area contributed by atoms with E-state index in [1.165, 1.54) is 0 Å². The lowest BCUT2D eigenvalue weighted by Crippen LogP contribution is -2.12. The average Bonchev–Trinajstić information content (AvgIpc) is 2.95. The molecule has 108 valence electrons. The number of hydrogen-bond donors (Lipinski definition) is 1. The van der Waals surface area contributed by atoms with Crippen molar-refractivity contribution >= 4 is 0 Å². The van der Waals surface area contributed by atoms with E-state index in [0.29, 0.717) is 22.8 Å². The van der Waals surface area contributed by atoms with E-state index in [-0.39, 0.29) is 6.04 Å². The molecule has 0 aliphatic carbocycles. The third kappa shape index (κ3) is 2.49. The van der Waals surface area contributed by atoms with Crippen molar-refractivity contribution in [2.24, 2.45) is 0 Å². The number of imidazole rings is 1. The lowest BCUT2D eigenvalue weighted by Gasteiger charge is -2.20. The van der Waals surface area contributed by atoms with Crippen molar-refractivity contribution in [1.29, 1.82) is 0 Å². The monoisotopic (exact) mass is 276 g/mol. The highest BCUT2D eigenvalue weighted by atomic mass is 16.5. The Morgan fingerprint density at radius 3 is 2.25 bits per heavy atom. The van der Waals surface area contributed by atoms with Crippen molar-refractivity contribution in [1.82, 2.24) is 9.55 Å². The van der Waals surface area contributed by atoms with Crippen LogP contribution in [0, 0.1) is 0 Å². The Hall–Kier alpha value is -2.01. The predicted molar refractivity (Wildman–Crippen MR) is 76.2 cm³/mol. The van der Waals surface area contributed by atoms with Crippen LogP contribution in [0.25, 0.3) is 0 Å². The van der Waals surface area contributed by atoms with E-state index >= 15 is 0 Å². The van der Waals surface area contributed by atoms with Gasteiger partial charge in [0.1, 0.15) is 17.6 Å². The molecule has 20 heavy (non-hydrogen) atoms. The number of aliphatic hydroxyl groups is 1. The maximum absolute atomic E-state index is 10.7. The molecule has 0 saturated carbocycles. The SMILES string of the molecule is COc1cccc(OC)c1C(O)c1cncn1C(C)C. The highest BCUT2D eigenvalue weighted by molar-refractivity contribution is 5.48. The Balaban J connectivity index is 2.52. The van der Waals surface area contributed by atoms with E-state index < -0.39 is 6.10 Å². The molecule has 0 amide bonds. The van der Waals surface area contributed by atoms with Gasteiger partial charge in [0.05, 0.1) is 38.0 Å². The van der Waals surface area contributed by atoms with Gasteiger partial charge in [-0.05, 0) is 26.0 Å². The predicted octanol–water partition coefficient (Wildman–Crippen LogP) is 2.56. The van der Waals surface area contributed by atoms with Gasteiger partial charge in [-0.15, -0.1) is 0 Å². The van der Waals surface area contributed by atoms with Gasteiger partial charge in [-0.3, -0.25) is 0 Å². The molecule has 1 aromatic heterocycles. The van der Waals surface area contributed by atoms with Gasteiger partial charge in [-0.2, -0.15) is 0 Å². The molecule has 0 aliphatic rings. The van der Waals surface area contributed by atoms with Gasteiger partial charge in [0.15, 0.2) is 0 Å². The molecule has 1 heterocycles. The first-order chi connectivity index (χ1) is 9.60. The summed E-state index contributed by atoms with van der Waals surface area (Å²) in [6, 6.07) is 5.64. The Labute approximate surface area is 118 Å². The van der Waals surface area contributed by atoms with Gasteiger partial charge < -0.3 is 19.1 Å². The van der Waals surface area contributed by atoms with Crippen LogP contribution in [0.3, 0.4) is 0 Å². The van der Waals surface area contributed by atoms with Crippen LogP contribution in [0.1, 0.15) is 37.3 Å². The summed E-state index contributed by atoms with van der Waals surface area (Å²) in [7, 11) is 3.15. The van der Waals surface area contributed by atoms with E-state index in [2.05, 4.69) is 4.98 Å². The van der Waals surface area contributed by atoms with Gasteiger partial charge in [0.2, 0.25) is 0 Å². The fourth-order valence-corrected chi connectivity index (χ4v) is 2.26. The second-order valence-electron chi connectivity index (χ2n) is 4.80. The molecule has 0 aliphatic heterocycles. The molecule has 2 aromatic rings. The van der Waals surface area contributed by atoms with Gasteiger partial charge in [-0.1, -0.05) is 6.07 Å². The quantitative estimate of drug-likeness (QED) is 0.912. The first-order valence-electron chi connectivity index (χ1n) is 6.50. The first kappa shape index (κ1) is 14.4. The molecule has 0 saturated heterocycles. The first-order valence-corrected chi connectivity index (χ1v) is 6.50. The van der Waals surface area contributed by atoms with Gasteiger partial charge in [0, 0.05) is 6.04 Å². The number of aromatic nitrogens is 2. The molecule has 5 nitrogen and oxygen atoms in total. The molecular formula is C15H20N2O3. The largest absolute Gasteiger partial charge is 0.496 e. The van der Waals surface area contributed by atoms with Crippen LogP contribution in [0.4, 0.5) is 0 Å². The number of rotatable bonds is 5. The second-order valence-corrected chi connectivity index (χ2v) is 4.80. The lowest BCUT2D eigenvalue weighted by molar-refractivity contribution is 0.197. The lowest BCUT2D eigenvalue weighted by atomic mass is 10.0. The Kier molecular flexibility index (Phi) is 4.29. The van der Waals surface area contributed by atoms with Gasteiger partial charge >= 0.3 is 0 Å². The minimum Gasteiger partial charge on any atom is -0.496 e. The number of aliphatic hydroxyl groups excluding tert-OH is 1. The summed E-state index contributed by atoms with van der Waals surface area (Å²) in [4.78, 5) is 4.12. The molecule has 1 N–H and O–H groups in total. The van der Waals surface area contributed by atoms with E-state index in [9.17, 15) is 5.11 Å². The smallest absolute Gasteiger partial charge is 0.128 e. The Morgan fingerprint density at radius 2 is 1.75 bits per heavy atom. The molecule has 1 unspecified atom stereocenters. The summed E-state index contributed by atoms with van der Waals surface area (Å²) in [5.74, 6) is 1.18. The zero-order valence-corrected chi connectivity index (χ0v) is 12.2. The fourth-order valence-electron chi connectivity index (χ4n) is 2.26. The number of ether oxygens (including phenoxy) is 2. The minimum absolute atomic E-state index is 0.211. The molecule has 2 rings (SSSR count). The van der Waals surface area contributed by atoms with Gasteiger partial charge in [0.25, 0.3) is 0 Å². The van der Waals surface area contributed by atoms with E-state index in [1.807, 2.05) is 24.5 Å². The summed E-state index contributed by atoms with van der Waals surface area (Å²) >= 11 is 0. The van der Waals surface area contributed by atoms with E-state index in [4.69, 9.17) is 9.47 Å². The number of methoxy groups -OCH3 is 2. The summed E-state index contributed by atoms with van der Waals surface area (Å²) in [5.41, 5.74) is 1.32. The normalized spacial score (nSPS) is 12.5. The van der Waals surface area contributed by atoms with E-state index in [1.54, 1.807) is 38.9 Å². The van der Waals surface area contributed by atoms with Crippen LogP contribution in [0.5, 0.6) is 11.5 Å². The van der Waals surface area contributed by atoms with Crippen LogP contribution in [0.15, 0.2) is 30.7 Å². The molecule has 5 heteroatoms. The van der Waals surface area contributed by atoms with Crippen molar-refractivity contribution in [3.63, 3.8) is 0 Å². The fraction of sp³-hybridized carbons (Fsp3) is 0.400. The van der Waals surface area contributed by atoms with Crippen LogP contribution in [-0.4, -0.2) is 28.9 Å². The highest BCUT2D eigenvalue weighted by Gasteiger charge is 2.23. The van der Waals surface area contributed by atoms with E-state index in [0.717, 1.165) is 0 Å². The second kappa shape index (κ2) is 5.96. The van der Waals surface area contributed by atoms with Gasteiger partial charge in [-0.25, -0.2) is 4.98 Å². The Morgan fingerprint density at radius 1 is 1.15 bits per heavy atom. The summed E-state index contributed by atoms with van der Waals surface area (Å²) in [6.07, 6.45) is 2.52. The average molecular weight is 276 g/mol. The molecule has 0 fully saturated rings. The zero-order valence-electron chi connectivity index (χ0n) is 12.2. The van der Waals surface area contributed by atoms with Crippen LogP contribution in [0.2, 0.25) is 0 Å². The van der Waals surface area contributed by atoms with Crippen molar-refractivity contribution in [2.75, 3.05) is 14.2 Å². The van der Waals surface area contributed by atoms with Crippen molar-refractivity contribution in [3.05, 3.63) is 42.0 Å². The molecule has 1 atom stereocenters. The molecular weight excluding hydrogens is 256 g/mol. The number of hydrogen-bond acceptors (Lipinski definition) is 4. The van der Waals surface area contributed by atoms with Crippen LogP contribution in [-0.2, 0) is 0 Å². The summed E-state index contributed by atoms with van der Waals surface area (Å²) in [5, 5.41) is 10.7. The third-order valence-electron chi connectivity index (χ3n) is 3.27. The molecule has 0 radical (unpaired) electrons. The Bertz CT molecular complexity index is 556. The minimum atomic E-state index is -0.856. The van der Waals surface area contributed by atoms with Crippen molar-refractivity contribution in [2.45, 2.75) is 26.0 Å². The maximum atomic E-state index is 10.7. The van der Waals surface area contributed by atoms with Crippen LogP contribution >= 0.6 is 0 Å². The molecule has 0 bridgehead atoms.